The molecule has 0 fully saturated rings. The zero-order valence-corrected chi connectivity index (χ0v) is 16.6. The van der Waals surface area contributed by atoms with Gasteiger partial charge in [-0.1, -0.05) is 0 Å². The van der Waals surface area contributed by atoms with Gasteiger partial charge in [0.25, 0.3) is 0 Å². The van der Waals surface area contributed by atoms with Crippen molar-refractivity contribution in [2.24, 2.45) is 0 Å². The van der Waals surface area contributed by atoms with E-state index in [-0.39, 0.29) is 54.2 Å². The van der Waals surface area contributed by atoms with Crippen LogP contribution in [0.1, 0.15) is 30.1 Å². The van der Waals surface area contributed by atoms with Crippen LogP contribution >= 0.6 is 0 Å². The summed E-state index contributed by atoms with van der Waals surface area (Å²) in [6, 6.07) is 5.32. The van der Waals surface area contributed by atoms with Crippen LogP contribution in [0.5, 0.6) is 5.75 Å². The second kappa shape index (κ2) is 9.60. The molecule has 8 heteroatoms. The van der Waals surface area contributed by atoms with Gasteiger partial charge < -0.3 is 20.0 Å². The number of carbonyl (C=O) groups excluding carboxylic acids is 3. The molecule has 0 bridgehead atoms. The van der Waals surface area contributed by atoms with E-state index in [9.17, 15) is 19.5 Å². The fraction of sp³-hybridized carbons (Fsp3) is 0.353. The zero-order chi connectivity index (χ0) is 17.7. The van der Waals surface area contributed by atoms with E-state index in [0.717, 1.165) is 10.9 Å². The summed E-state index contributed by atoms with van der Waals surface area (Å²) >= 11 is 0. The van der Waals surface area contributed by atoms with Crippen molar-refractivity contribution >= 4 is 28.7 Å². The Labute approximate surface area is 167 Å². The van der Waals surface area contributed by atoms with Crippen molar-refractivity contribution in [3.63, 3.8) is 0 Å². The van der Waals surface area contributed by atoms with E-state index in [2.05, 4.69) is 5.32 Å². The number of aromatic nitrogens is 1. The molecule has 1 N–H and O–H groups in total. The number of amides is 1. The number of carbonyl (C=O) groups is 3. The van der Waals surface area contributed by atoms with Crippen LogP contribution in [-0.2, 0) is 16.0 Å². The molecule has 0 spiro atoms. The monoisotopic (exact) mass is 354 g/mol. The van der Waals surface area contributed by atoms with Crippen LogP contribution in [0.3, 0.4) is 0 Å². The second-order valence-corrected chi connectivity index (χ2v) is 5.41. The average molecular weight is 354 g/mol. The minimum atomic E-state index is -1.26. The SMILES string of the molecule is COc1ccc2c(c1)c(CCNC(C)=O)cn2C(=O)CCC(=O)[O-].[Na+]. The van der Waals surface area contributed by atoms with Gasteiger partial charge in [0.2, 0.25) is 11.8 Å². The summed E-state index contributed by atoms with van der Waals surface area (Å²) in [4.78, 5) is 33.9. The third kappa shape index (κ3) is 5.59. The first kappa shape index (κ1) is 21.2. The number of hydrogen-bond donors (Lipinski definition) is 1. The van der Waals surface area contributed by atoms with E-state index in [1.807, 2.05) is 6.07 Å². The Balaban J connectivity index is 0.00000312. The van der Waals surface area contributed by atoms with Crippen LogP contribution in [0.2, 0.25) is 0 Å². The Bertz CT molecular complexity index is 785. The molecule has 0 radical (unpaired) electrons. The number of ether oxygens (including phenoxy) is 1. The molecule has 1 heterocycles. The maximum Gasteiger partial charge on any atom is 1.00 e. The normalized spacial score (nSPS) is 10.2. The summed E-state index contributed by atoms with van der Waals surface area (Å²) in [7, 11) is 1.56. The van der Waals surface area contributed by atoms with Gasteiger partial charge in [-0.15, -0.1) is 0 Å². The van der Waals surface area contributed by atoms with Crippen molar-refractivity contribution in [3.8, 4) is 5.75 Å². The molecule has 128 valence electrons. The van der Waals surface area contributed by atoms with E-state index in [4.69, 9.17) is 4.74 Å². The molecule has 0 aliphatic heterocycles. The number of carboxylic acids is 1. The average Bonchev–Trinajstić information content (AvgIpc) is 2.90. The molecule has 0 aliphatic carbocycles. The maximum atomic E-state index is 12.3. The Morgan fingerprint density at radius 3 is 2.56 bits per heavy atom. The van der Waals surface area contributed by atoms with Crippen molar-refractivity contribution in [1.82, 2.24) is 9.88 Å². The summed E-state index contributed by atoms with van der Waals surface area (Å²) in [5.74, 6) is -1.04. The molecule has 2 rings (SSSR count). The first-order valence-corrected chi connectivity index (χ1v) is 7.58. The summed E-state index contributed by atoms with van der Waals surface area (Å²) in [5, 5.41) is 14.1. The maximum absolute atomic E-state index is 12.3. The predicted octanol–water partition coefficient (Wildman–Crippen LogP) is -2.50. The minimum absolute atomic E-state index is 0. The molecule has 0 saturated heterocycles. The molecular weight excluding hydrogens is 335 g/mol. The molecule has 7 nitrogen and oxygen atoms in total. The smallest absolute Gasteiger partial charge is 0.550 e. The van der Waals surface area contributed by atoms with Crippen LogP contribution < -0.4 is 44.7 Å². The molecule has 1 aromatic heterocycles. The topological polar surface area (TPSA) is 100 Å². The molecule has 0 unspecified atom stereocenters. The molecule has 1 aromatic carbocycles. The quantitative estimate of drug-likeness (QED) is 0.554. The Kier molecular flexibility index (Phi) is 8.15. The van der Waals surface area contributed by atoms with E-state index in [1.165, 1.54) is 11.5 Å². The summed E-state index contributed by atoms with van der Waals surface area (Å²) < 4.78 is 6.66. The summed E-state index contributed by atoms with van der Waals surface area (Å²) in [6.07, 6.45) is 1.77. The first-order valence-electron chi connectivity index (χ1n) is 7.58. The van der Waals surface area contributed by atoms with Gasteiger partial charge in [-0.2, -0.15) is 0 Å². The molecular formula is C17H19N2NaO5. The summed E-state index contributed by atoms with van der Waals surface area (Å²) in [6.45, 7) is 1.88. The minimum Gasteiger partial charge on any atom is -0.550 e. The number of hydrogen-bond acceptors (Lipinski definition) is 5. The van der Waals surface area contributed by atoms with Crippen LogP contribution in [0.4, 0.5) is 0 Å². The van der Waals surface area contributed by atoms with Gasteiger partial charge in [0.15, 0.2) is 0 Å². The van der Waals surface area contributed by atoms with E-state index < -0.39 is 5.97 Å². The van der Waals surface area contributed by atoms with Gasteiger partial charge in [0.1, 0.15) is 5.75 Å². The van der Waals surface area contributed by atoms with Crippen LogP contribution in [-0.4, -0.2) is 36.0 Å². The number of methoxy groups -OCH3 is 1. The molecule has 0 aliphatic rings. The van der Waals surface area contributed by atoms with E-state index in [0.29, 0.717) is 24.2 Å². The molecule has 0 saturated carbocycles. The van der Waals surface area contributed by atoms with Crippen molar-refractivity contribution in [3.05, 3.63) is 30.0 Å². The van der Waals surface area contributed by atoms with Gasteiger partial charge in [-0.3, -0.25) is 14.2 Å². The summed E-state index contributed by atoms with van der Waals surface area (Å²) in [5.41, 5.74) is 1.55. The zero-order valence-electron chi connectivity index (χ0n) is 14.6. The predicted molar refractivity (Wildman–Crippen MR) is 85.7 cm³/mol. The van der Waals surface area contributed by atoms with Gasteiger partial charge in [0, 0.05) is 37.4 Å². The van der Waals surface area contributed by atoms with Crippen LogP contribution in [0.25, 0.3) is 10.9 Å². The van der Waals surface area contributed by atoms with Crippen molar-refractivity contribution < 1.29 is 53.8 Å². The Morgan fingerprint density at radius 1 is 1.24 bits per heavy atom. The number of nitrogens with one attached hydrogen (secondary N) is 1. The van der Waals surface area contributed by atoms with Crippen LogP contribution in [0, 0.1) is 0 Å². The molecule has 1 amide bonds. The number of carboxylic acid groups (broad SMARTS) is 1. The van der Waals surface area contributed by atoms with Gasteiger partial charge >= 0.3 is 29.6 Å². The largest absolute Gasteiger partial charge is 1.00 e. The Hall–Kier alpha value is -1.83. The van der Waals surface area contributed by atoms with Crippen LogP contribution in [0.15, 0.2) is 24.4 Å². The standard InChI is InChI=1S/C17H20N2O5.Na/c1-11(20)18-8-7-12-10-19(16(21)5-6-17(22)23)15-4-3-13(24-2)9-14(12)15;/h3-4,9-10H,5-8H2,1-2H3,(H,18,20)(H,22,23);/q;+1/p-1. The van der Waals surface area contributed by atoms with Gasteiger partial charge in [-0.05, 0) is 36.6 Å². The van der Waals surface area contributed by atoms with Crippen molar-refractivity contribution in [1.29, 1.82) is 0 Å². The second-order valence-electron chi connectivity index (χ2n) is 5.41. The number of aliphatic carboxylic acids is 1. The number of benzene rings is 1. The van der Waals surface area contributed by atoms with Crippen molar-refractivity contribution in [2.45, 2.75) is 26.2 Å². The first-order chi connectivity index (χ1) is 11.4. The third-order valence-electron chi connectivity index (χ3n) is 3.67. The number of rotatable bonds is 7. The van der Waals surface area contributed by atoms with E-state index >= 15 is 0 Å². The molecule has 25 heavy (non-hydrogen) atoms. The van der Waals surface area contributed by atoms with E-state index in [1.54, 1.807) is 25.4 Å². The number of nitrogens with zero attached hydrogens (tertiary/aromatic N) is 1. The van der Waals surface area contributed by atoms with Crippen molar-refractivity contribution in [2.75, 3.05) is 13.7 Å². The van der Waals surface area contributed by atoms with Gasteiger partial charge in [0.05, 0.1) is 12.6 Å². The fourth-order valence-electron chi connectivity index (χ4n) is 2.51. The third-order valence-corrected chi connectivity index (χ3v) is 3.67. The Morgan fingerprint density at radius 2 is 1.96 bits per heavy atom. The molecule has 0 atom stereocenters. The molecule has 2 aromatic rings. The number of fused-ring (bicyclic) bond motifs is 1. The van der Waals surface area contributed by atoms with Gasteiger partial charge in [-0.25, -0.2) is 0 Å². The fourth-order valence-corrected chi connectivity index (χ4v) is 2.51.